The second-order valence-electron chi connectivity index (χ2n) is 5.89. The number of piperazine rings is 1. The fourth-order valence-electron chi connectivity index (χ4n) is 2.83. The number of halogens is 1. The Kier molecular flexibility index (Phi) is 5.06. The van der Waals surface area contributed by atoms with Gasteiger partial charge in [0.2, 0.25) is 0 Å². The molecule has 7 heteroatoms. The summed E-state index contributed by atoms with van der Waals surface area (Å²) in [5.74, 6) is -0.241. The largest absolute Gasteiger partial charge is 0.333 e. The molecule has 2 atom stereocenters. The number of nitrogens with one attached hydrogen (secondary N) is 1. The molecule has 0 aliphatic carbocycles. The highest BCUT2D eigenvalue weighted by atomic mass is 35.5. The van der Waals surface area contributed by atoms with Gasteiger partial charge in [-0.3, -0.25) is 14.0 Å². The van der Waals surface area contributed by atoms with E-state index in [0.717, 1.165) is 12.1 Å². The first-order chi connectivity index (χ1) is 10.5. The Morgan fingerprint density at radius 1 is 1.35 bits per heavy atom. The van der Waals surface area contributed by atoms with Gasteiger partial charge in [-0.1, -0.05) is 6.07 Å². The number of amides is 1. The summed E-state index contributed by atoms with van der Waals surface area (Å²) in [6, 6.07) is 3.92. The molecule has 1 fully saturated rings. The zero-order valence-electron chi connectivity index (χ0n) is 13.4. The molecule has 124 valence electrons. The zero-order chi connectivity index (χ0) is 15.9. The number of fused-ring (bicyclic) bond motifs is 1. The van der Waals surface area contributed by atoms with Gasteiger partial charge in [0.25, 0.3) is 11.5 Å². The highest BCUT2D eigenvalue weighted by Gasteiger charge is 2.30. The van der Waals surface area contributed by atoms with E-state index in [9.17, 15) is 9.59 Å². The quantitative estimate of drug-likeness (QED) is 0.851. The maximum Gasteiger partial charge on any atom is 0.270 e. The standard InChI is InChI=1S/C16H20N4O2.ClH/c1-10-4-5-14-18-8-13(16(22)20(14)9-10)15(21)19-7-6-17-11(2)12(19)3;/h4-5,8-9,11-12,17H,6-7H2,1-3H3;1H. The molecule has 0 aromatic carbocycles. The molecule has 2 aromatic heterocycles. The average molecular weight is 337 g/mol. The molecule has 3 heterocycles. The van der Waals surface area contributed by atoms with Crippen LogP contribution in [0.5, 0.6) is 0 Å². The van der Waals surface area contributed by atoms with Crippen molar-refractivity contribution in [3.05, 3.63) is 46.0 Å². The molecule has 0 saturated carbocycles. The lowest BCUT2D eigenvalue weighted by Crippen LogP contribution is -2.57. The fourth-order valence-corrected chi connectivity index (χ4v) is 2.83. The minimum atomic E-state index is -0.308. The highest BCUT2D eigenvalue weighted by Crippen LogP contribution is 2.12. The molecular weight excluding hydrogens is 316 g/mol. The predicted molar refractivity (Wildman–Crippen MR) is 91.4 cm³/mol. The van der Waals surface area contributed by atoms with Crippen LogP contribution in [0.15, 0.2) is 29.3 Å². The van der Waals surface area contributed by atoms with Crippen molar-refractivity contribution >= 4 is 24.0 Å². The second-order valence-corrected chi connectivity index (χ2v) is 5.89. The normalized spacial score (nSPS) is 21.1. The van der Waals surface area contributed by atoms with Crippen molar-refractivity contribution in [1.29, 1.82) is 0 Å². The van der Waals surface area contributed by atoms with Crippen LogP contribution < -0.4 is 10.9 Å². The van der Waals surface area contributed by atoms with E-state index in [4.69, 9.17) is 0 Å². The van der Waals surface area contributed by atoms with Gasteiger partial charge in [-0.2, -0.15) is 0 Å². The van der Waals surface area contributed by atoms with E-state index in [1.807, 2.05) is 26.8 Å². The second kappa shape index (κ2) is 6.68. The molecule has 0 radical (unpaired) electrons. The van der Waals surface area contributed by atoms with Crippen molar-refractivity contribution in [2.24, 2.45) is 0 Å². The number of carbonyl (C=O) groups is 1. The van der Waals surface area contributed by atoms with Gasteiger partial charge in [-0.05, 0) is 32.4 Å². The van der Waals surface area contributed by atoms with Crippen LogP contribution in [0.3, 0.4) is 0 Å². The Morgan fingerprint density at radius 2 is 2.09 bits per heavy atom. The summed E-state index contributed by atoms with van der Waals surface area (Å²) in [5.41, 5.74) is 1.32. The Labute approximate surface area is 140 Å². The van der Waals surface area contributed by atoms with E-state index in [1.165, 1.54) is 10.6 Å². The molecule has 1 aliphatic heterocycles. The number of hydrogen-bond donors (Lipinski definition) is 1. The highest BCUT2D eigenvalue weighted by molar-refractivity contribution is 5.94. The van der Waals surface area contributed by atoms with E-state index in [2.05, 4.69) is 10.3 Å². The maximum atomic E-state index is 12.7. The molecule has 3 rings (SSSR count). The van der Waals surface area contributed by atoms with Gasteiger partial charge in [0, 0.05) is 37.6 Å². The van der Waals surface area contributed by atoms with Crippen molar-refractivity contribution in [2.75, 3.05) is 13.1 Å². The SMILES string of the molecule is Cc1ccc2ncc(C(=O)N3CCNC(C)C3C)c(=O)n2c1.Cl. The van der Waals surface area contributed by atoms with Gasteiger partial charge in [0.1, 0.15) is 11.2 Å². The van der Waals surface area contributed by atoms with E-state index >= 15 is 0 Å². The molecule has 1 aliphatic rings. The monoisotopic (exact) mass is 336 g/mol. The van der Waals surface area contributed by atoms with Gasteiger partial charge in [-0.25, -0.2) is 4.98 Å². The first-order valence-corrected chi connectivity index (χ1v) is 7.51. The lowest BCUT2D eigenvalue weighted by Gasteiger charge is -2.38. The molecule has 2 unspecified atom stereocenters. The summed E-state index contributed by atoms with van der Waals surface area (Å²) in [6.45, 7) is 7.27. The molecule has 1 amide bonds. The summed E-state index contributed by atoms with van der Waals surface area (Å²) in [4.78, 5) is 31.4. The zero-order valence-corrected chi connectivity index (χ0v) is 14.3. The van der Waals surface area contributed by atoms with E-state index in [-0.39, 0.29) is 41.5 Å². The first-order valence-electron chi connectivity index (χ1n) is 7.51. The lowest BCUT2D eigenvalue weighted by molar-refractivity contribution is 0.0600. The summed E-state index contributed by atoms with van der Waals surface area (Å²) < 4.78 is 1.44. The average Bonchev–Trinajstić information content (AvgIpc) is 2.50. The number of hydrogen-bond acceptors (Lipinski definition) is 4. The van der Waals surface area contributed by atoms with Crippen molar-refractivity contribution < 1.29 is 4.79 Å². The van der Waals surface area contributed by atoms with Crippen LogP contribution in [-0.4, -0.2) is 45.4 Å². The summed E-state index contributed by atoms with van der Waals surface area (Å²) >= 11 is 0. The Morgan fingerprint density at radius 3 is 2.83 bits per heavy atom. The van der Waals surface area contributed by atoms with Crippen LogP contribution >= 0.6 is 12.4 Å². The van der Waals surface area contributed by atoms with E-state index < -0.39 is 0 Å². The van der Waals surface area contributed by atoms with Crippen LogP contribution in [0.1, 0.15) is 29.8 Å². The minimum absolute atomic E-state index is 0. The van der Waals surface area contributed by atoms with Gasteiger partial charge in [0.05, 0.1) is 0 Å². The van der Waals surface area contributed by atoms with Crippen molar-refractivity contribution in [3.63, 3.8) is 0 Å². The summed E-state index contributed by atoms with van der Waals surface area (Å²) in [6.07, 6.45) is 3.11. The number of carbonyl (C=O) groups excluding carboxylic acids is 1. The first kappa shape index (κ1) is 17.4. The molecule has 2 aromatic rings. The molecule has 0 bridgehead atoms. The molecule has 1 saturated heterocycles. The van der Waals surface area contributed by atoms with Crippen LogP contribution in [0.25, 0.3) is 5.65 Å². The van der Waals surface area contributed by atoms with Crippen LogP contribution in [0, 0.1) is 6.92 Å². The maximum absolute atomic E-state index is 12.7. The van der Waals surface area contributed by atoms with Crippen molar-refractivity contribution in [3.8, 4) is 0 Å². The number of pyridine rings is 1. The number of aryl methyl sites for hydroxylation is 1. The Balaban J connectivity index is 0.00000192. The Bertz CT molecular complexity index is 789. The van der Waals surface area contributed by atoms with Gasteiger partial charge < -0.3 is 10.2 Å². The third kappa shape index (κ3) is 3.09. The van der Waals surface area contributed by atoms with Gasteiger partial charge in [-0.15, -0.1) is 12.4 Å². The smallest absolute Gasteiger partial charge is 0.270 e. The van der Waals surface area contributed by atoms with Crippen molar-refractivity contribution in [2.45, 2.75) is 32.9 Å². The topological polar surface area (TPSA) is 66.7 Å². The summed E-state index contributed by atoms with van der Waals surface area (Å²) in [5, 5.41) is 3.33. The number of aromatic nitrogens is 2. The molecule has 23 heavy (non-hydrogen) atoms. The van der Waals surface area contributed by atoms with Gasteiger partial charge >= 0.3 is 0 Å². The van der Waals surface area contributed by atoms with Crippen LogP contribution in [0.2, 0.25) is 0 Å². The van der Waals surface area contributed by atoms with E-state index in [1.54, 1.807) is 17.2 Å². The predicted octanol–water partition coefficient (Wildman–Crippen LogP) is 1.25. The summed E-state index contributed by atoms with van der Waals surface area (Å²) in [7, 11) is 0. The third-order valence-electron chi connectivity index (χ3n) is 4.38. The van der Waals surface area contributed by atoms with E-state index in [0.29, 0.717) is 12.2 Å². The number of nitrogens with zero attached hydrogens (tertiary/aromatic N) is 3. The van der Waals surface area contributed by atoms with Crippen LogP contribution in [0.4, 0.5) is 0 Å². The molecule has 6 nitrogen and oxygen atoms in total. The lowest BCUT2D eigenvalue weighted by atomic mass is 10.1. The number of rotatable bonds is 1. The molecule has 0 spiro atoms. The van der Waals surface area contributed by atoms with Crippen LogP contribution in [-0.2, 0) is 0 Å². The molecular formula is C16H21ClN4O2. The minimum Gasteiger partial charge on any atom is -0.333 e. The third-order valence-corrected chi connectivity index (χ3v) is 4.38. The van der Waals surface area contributed by atoms with Gasteiger partial charge in [0.15, 0.2) is 0 Å². The molecule has 1 N–H and O–H groups in total. The Hall–Kier alpha value is -1.92. The fraction of sp³-hybridized carbons (Fsp3) is 0.438. The van der Waals surface area contributed by atoms with Crippen molar-refractivity contribution in [1.82, 2.24) is 19.6 Å².